The van der Waals surface area contributed by atoms with E-state index in [0.29, 0.717) is 46.2 Å². The third-order valence-electron chi connectivity index (χ3n) is 17.5. The lowest BCUT2D eigenvalue weighted by atomic mass is 9.96. The Balaban J connectivity index is 1.69. The summed E-state index contributed by atoms with van der Waals surface area (Å²) in [6.07, 6.45) is -1.67. The Labute approximate surface area is 634 Å². The largest absolute Gasteiger partial charge is 0.481 e. The Morgan fingerprint density at radius 2 is 0.853 bits per heavy atom. The average molecular weight is 1540 g/mol. The summed E-state index contributed by atoms with van der Waals surface area (Å²) in [6.45, 7) is 8.06. The van der Waals surface area contributed by atoms with Crippen molar-refractivity contribution in [1.82, 2.24) is 63.5 Å². The lowest BCUT2D eigenvalue weighted by Crippen LogP contribution is -2.62. The number of para-hydroxylation sites is 1. The maximum Gasteiger partial charge on any atom is 0.305 e. The second-order valence-corrected chi connectivity index (χ2v) is 27.9. The molecule has 1 heterocycles. The van der Waals surface area contributed by atoms with Crippen LogP contribution in [-0.4, -0.2) is 207 Å². The number of nitrogens with two attached hydrogens (primary N) is 6. The number of rotatable bonds is 49. The number of carbonyl (C=O) groups is 16. The first kappa shape index (κ1) is 90.3. The van der Waals surface area contributed by atoms with E-state index in [9.17, 15) is 72.5 Å². The second-order valence-electron chi connectivity index (χ2n) is 26.9. The monoisotopic (exact) mass is 1540 g/mol. The highest BCUT2D eigenvalue weighted by atomic mass is 32.2. The van der Waals surface area contributed by atoms with Crippen LogP contribution in [-0.2, 0) is 96.0 Å². The van der Waals surface area contributed by atoms with E-state index < -0.39 is 205 Å². The molecule has 36 nitrogen and oxygen atoms in total. The minimum absolute atomic E-state index is 0.00985. The van der Waals surface area contributed by atoms with Crippen molar-refractivity contribution in [3.05, 3.63) is 108 Å². The lowest BCUT2D eigenvalue weighted by molar-refractivity contribution is -0.142. The normalized spacial score (nSPS) is 15.0. The Morgan fingerprint density at radius 3 is 1.36 bits per heavy atom. The van der Waals surface area contributed by atoms with Crippen LogP contribution >= 0.6 is 11.8 Å². The molecule has 1 aromatic heterocycles. The van der Waals surface area contributed by atoms with Gasteiger partial charge in [0.25, 0.3) is 0 Å². The first-order valence-corrected chi connectivity index (χ1v) is 36.9. The van der Waals surface area contributed by atoms with Crippen molar-refractivity contribution in [2.24, 2.45) is 46.2 Å². The molecule has 26 N–H and O–H groups in total. The van der Waals surface area contributed by atoms with Crippen molar-refractivity contribution in [1.29, 1.82) is 0 Å². The molecule has 3 aromatic carbocycles. The van der Waals surface area contributed by atoms with Crippen LogP contribution in [0.4, 0.5) is 0 Å². The van der Waals surface area contributed by atoms with E-state index in [1.54, 1.807) is 125 Å². The van der Waals surface area contributed by atoms with Gasteiger partial charge in [-0.3, -0.25) is 76.7 Å². The standard InChI is InChI=1S/C72H104N18O18S/c1-7-38(4)59(71(107)88-51(30-41-20-12-9-13-21-41)67(103)82-48(61(78)97)33-56(76)93)89-64(100)47(25-27-109-6)81-68(104)52(31-42-36-79-45-23-15-14-22-43(42)45)85-63(99)46(24-16-17-26-73)80-66(102)50(29-40-18-10-8-11-19-40)84-65(101)49(28-37(2)3)87-72(108)60(39(5)91)90-70(106)53(34-57(77)94)86-69(105)54(35-58(95)96)83-62(98)44(74)32-55(75)92/h8-15,18-23,36-39,44,46-54,59-60,79,91H,7,16-17,24-35,73-74H2,1-6H3,(H2,75,92)(H2,76,93)(H2,77,94)(H2,78,97)(H,80,102)(H,81,104)(H,82,103)(H,83,98)(H,84,101)(H,85,99)(H,86,105)(H,87,108)(H,88,107)(H,89,100)(H,90,106)(H,95,96)/t38-,39+,44-,46-,47-,48-,49-,50-,51-,52-,53-,54-,59-,60-/m0/s1. The summed E-state index contributed by atoms with van der Waals surface area (Å²) in [5.74, 6) is -17.8. The number of primary amides is 4. The van der Waals surface area contributed by atoms with E-state index in [2.05, 4.69) is 58.2 Å². The van der Waals surface area contributed by atoms with Crippen LogP contribution in [0.5, 0.6) is 0 Å². The number of carbonyl (C=O) groups excluding carboxylic acids is 15. The number of benzene rings is 3. The molecule has 0 radical (unpaired) electrons. The molecule has 109 heavy (non-hydrogen) atoms. The molecular weight excluding hydrogens is 1440 g/mol. The predicted octanol–water partition coefficient (Wildman–Crippen LogP) is -4.20. The number of amides is 15. The first-order chi connectivity index (χ1) is 51.5. The maximum absolute atomic E-state index is 15.1. The van der Waals surface area contributed by atoms with Gasteiger partial charge in [-0.05, 0) is 92.2 Å². The number of fused-ring (bicyclic) bond motifs is 1. The number of nitrogens with one attached hydrogen (secondary N) is 12. The number of carboxylic acids is 1. The molecule has 0 saturated carbocycles. The summed E-state index contributed by atoms with van der Waals surface area (Å²) in [5.41, 5.74) is 35.3. The lowest BCUT2D eigenvalue weighted by Gasteiger charge is -2.30. The van der Waals surface area contributed by atoms with Crippen molar-refractivity contribution < 1.29 is 86.9 Å². The molecule has 37 heteroatoms. The van der Waals surface area contributed by atoms with Gasteiger partial charge in [0.1, 0.15) is 66.5 Å². The molecule has 0 saturated heterocycles. The smallest absolute Gasteiger partial charge is 0.305 e. The van der Waals surface area contributed by atoms with Crippen LogP contribution in [0, 0.1) is 11.8 Å². The zero-order valence-electron chi connectivity index (χ0n) is 61.7. The van der Waals surface area contributed by atoms with Gasteiger partial charge in [-0.2, -0.15) is 11.8 Å². The average Bonchev–Trinajstić information content (AvgIpc) is 1.72. The molecule has 4 rings (SSSR count). The summed E-state index contributed by atoms with van der Waals surface area (Å²) in [4.78, 5) is 221. The van der Waals surface area contributed by atoms with Crippen LogP contribution in [0.15, 0.2) is 91.1 Å². The molecule has 15 amide bonds. The number of aromatic nitrogens is 1. The van der Waals surface area contributed by atoms with Crippen LogP contribution in [0.3, 0.4) is 0 Å². The van der Waals surface area contributed by atoms with Gasteiger partial charge in [0.2, 0.25) is 88.6 Å². The summed E-state index contributed by atoms with van der Waals surface area (Å²) in [7, 11) is 0. The van der Waals surface area contributed by atoms with E-state index in [0.717, 1.165) is 6.92 Å². The molecule has 0 aliphatic carbocycles. The number of aliphatic hydroxyl groups is 1. The van der Waals surface area contributed by atoms with E-state index >= 15 is 14.4 Å². The summed E-state index contributed by atoms with van der Waals surface area (Å²) >= 11 is 1.34. The molecular formula is C72H104N18O18S. The SMILES string of the molecule is CC[C@H](C)[C@H](NC(=O)[C@H](CCSC)NC(=O)[C@H](Cc1c[nH]c2ccccc12)NC(=O)[C@H](CCCCN)NC(=O)[C@H](Cc1ccccc1)NC(=O)[C@H](CC(C)C)NC(=O)[C@@H](NC(=O)[C@H](CC(N)=O)NC(=O)[C@H](CC(=O)O)NC(=O)[C@@H](N)CC(N)=O)[C@@H](C)O)C(=O)N[C@@H](Cc1ccccc1)C(=O)N[C@@H](CC(N)=O)C(N)=O. The summed E-state index contributed by atoms with van der Waals surface area (Å²) in [6, 6.07) is 4.71. The number of H-pyrrole nitrogens is 1. The van der Waals surface area contributed by atoms with Crippen molar-refractivity contribution in [3.63, 3.8) is 0 Å². The zero-order valence-corrected chi connectivity index (χ0v) is 62.5. The van der Waals surface area contributed by atoms with E-state index in [-0.39, 0.29) is 57.4 Å². The van der Waals surface area contributed by atoms with Crippen LogP contribution in [0.2, 0.25) is 0 Å². The molecule has 14 atom stereocenters. The molecule has 4 aromatic rings. The minimum Gasteiger partial charge on any atom is -0.481 e. The Bertz CT molecular complexity index is 3810. The number of aliphatic hydroxyl groups excluding tert-OH is 1. The van der Waals surface area contributed by atoms with Gasteiger partial charge in [0.05, 0.1) is 37.8 Å². The van der Waals surface area contributed by atoms with Crippen molar-refractivity contribution in [3.8, 4) is 0 Å². The van der Waals surface area contributed by atoms with Gasteiger partial charge in [-0.1, -0.05) is 113 Å². The topological polar surface area (TPSA) is 618 Å². The van der Waals surface area contributed by atoms with Crippen LogP contribution in [0.25, 0.3) is 10.9 Å². The van der Waals surface area contributed by atoms with Gasteiger partial charge in [-0.25, -0.2) is 0 Å². The number of carboxylic acid groups (broad SMARTS) is 1. The van der Waals surface area contributed by atoms with E-state index in [1.807, 2.05) is 5.32 Å². The molecule has 0 aliphatic heterocycles. The second kappa shape index (κ2) is 45.6. The number of thioether (sulfide) groups is 1. The predicted molar refractivity (Wildman–Crippen MR) is 401 cm³/mol. The van der Waals surface area contributed by atoms with E-state index in [4.69, 9.17) is 34.4 Å². The third kappa shape index (κ3) is 31.0. The van der Waals surface area contributed by atoms with Crippen LogP contribution < -0.4 is 92.9 Å². The molecule has 0 unspecified atom stereocenters. The van der Waals surface area contributed by atoms with Gasteiger partial charge in [0, 0.05) is 36.4 Å². The van der Waals surface area contributed by atoms with Gasteiger partial charge in [0.15, 0.2) is 0 Å². The first-order valence-electron chi connectivity index (χ1n) is 35.5. The Morgan fingerprint density at radius 1 is 0.450 bits per heavy atom. The van der Waals surface area contributed by atoms with Crippen LogP contribution in [0.1, 0.15) is 116 Å². The van der Waals surface area contributed by atoms with Gasteiger partial charge >= 0.3 is 5.97 Å². The fraction of sp³-hybridized carbons (Fsp3) is 0.500. The van der Waals surface area contributed by atoms with Crippen molar-refractivity contribution in [2.75, 3.05) is 18.6 Å². The van der Waals surface area contributed by atoms with Gasteiger partial charge in [-0.15, -0.1) is 0 Å². The quantitative estimate of drug-likeness (QED) is 0.0186. The number of unbranched alkanes of at least 4 members (excludes halogenated alkanes) is 1. The molecule has 0 spiro atoms. The van der Waals surface area contributed by atoms with E-state index in [1.165, 1.54) is 11.8 Å². The molecule has 0 fully saturated rings. The van der Waals surface area contributed by atoms with Gasteiger partial charge < -0.3 is 108 Å². The Kier molecular flexibility index (Phi) is 37.8. The van der Waals surface area contributed by atoms with Crippen molar-refractivity contribution >= 4 is 117 Å². The maximum atomic E-state index is 15.1. The Hall–Kier alpha value is -11.1. The summed E-state index contributed by atoms with van der Waals surface area (Å²) < 4.78 is 0. The zero-order chi connectivity index (χ0) is 81.2. The fourth-order valence-electron chi connectivity index (χ4n) is 11.4. The minimum atomic E-state index is -2.00. The number of hydrogen-bond donors (Lipinski definition) is 20. The highest BCUT2D eigenvalue weighted by Gasteiger charge is 2.39. The summed E-state index contributed by atoms with van der Waals surface area (Å²) in [5, 5.41) is 49.0. The molecule has 0 aliphatic rings. The number of aromatic amines is 1. The highest BCUT2D eigenvalue weighted by Crippen LogP contribution is 2.21. The molecule has 596 valence electrons. The highest BCUT2D eigenvalue weighted by molar-refractivity contribution is 7.98. The fourth-order valence-corrected chi connectivity index (χ4v) is 11.9. The van der Waals surface area contributed by atoms with Crippen molar-refractivity contribution in [2.45, 2.75) is 197 Å². The third-order valence-corrected chi connectivity index (χ3v) is 18.1. The molecule has 0 bridgehead atoms. The number of aliphatic carboxylic acids is 1. The number of hydrogen-bond acceptors (Lipinski definition) is 20.